The molecule has 0 amide bonds. The van der Waals surface area contributed by atoms with Crippen LogP contribution in [0.3, 0.4) is 0 Å². The van der Waals surface area contributed by atoms with Crippen LogP contribution in [0.15, 0.2) is 18.2 Å². The fourth-order valence-electron chi connectivity index (χ4n) is 3.08. The topological polar surface area (TPSA) is 44.5 Å². The number of hydrogen-bond donors (Lipinski definition) is 1. The Morgan fingerprint density at radius 1 is 1.19 bits per heavy atom. The summed E-state index contributed by atoms with van der Waals surface area (Å²) in [5.41, 5.74) is 9.32. The largest absolute Gasteiger partial charge is 0.407 e. The van der Waals surface area contributed by atoms with Gasteiger partial charge >= 0.3 is 0 Å². The number of nitrogen functional groups attached to an aromatic ring is 1. The smallest absolute Gasteiger partial charge is 0.193 e. The highest BCUT2D eigenvalue weighted by molar-refractivity contribution is 6.74. The molecule has 2 aliphatic rings. The van der Waals surface area contributed by atoms with E-state index in [4.69, 9.17) is 14.9 Å². The van der Waals surface area contributed by atoms with Crippen LogP contribution in [-0.2, 0) is 9.16 Å². The van der Waals surface area contributed by atoms with E-state index in [1.54, 1.807) is 0 Å². The van der Waals surface area contributed by atoms with Gasteiger partial charge in [-0.2, -0.15) is 0 Å². The van der Waals surface area contributed by atoms with Gasteiger partial charge in [-0.15, -0.1) is 0 Å². The molecule has 21 heavy (non-hydrogen) atoms. The summed E-state index contributed by atoms with van der Waals surface area (Å²) in [6.45, 7) is 11.5. The highest BCUT2D eigenvalue weighted by atomic mass is 28.4. The van der Waals surface area contributed by atoms with E-state index in [0.717, 1.165) is 18.5 Å². The van der Waals surface area contributed by atoms with E-state index < -0.39 is 8.32 Å². The molecular weight excluding hydrogens is 278 g/mol. The number of nitrogens with two attached hydrogens (primary N) is 1. The number of rotatable bonds is 2. The van der Waals surface area contributed by atoms with Gasteiger partial charge in [0.2, 0.25) is 0 Å². The molecule has 0 saturated carbocycles. The lowest BCUT2D eigenvalue weighted by atomic mass is 9.95. The minimum atomic E-state index is -1.83. The molecule has 1 saturated heterocycles. The molecule has 3 rings (SSSR count). The molecule has 3 nitrogen and oxygen atoms in total. The summed E-state index contributed by atoms with van der Waals surface area (Å²) in [6.07, 6.45) is 2.66. The molecular formula is C17H27NO2Si. The van der Waals surface area contributed by atoms with Crippen molar-refractivity contribution in [2.45, 2.75) is 70.1 Å². The molecule has 1 aromatic rings. The lowest BCUT2D eigenvalue weighted by molar-refractivity contribution is -0.0474. The SMILES string of the molecule is CC(C)(C)[Si](C)(C)O[C@@H]1c2ccc(N)cc2[C@@H]2CC[C@H]1O2. The van der Waals surface area contributed by atoms with Gasteiger partial charge in [-0.3, -0.25) is 0 Å². The Bertz CT molecular complexity index is 550. The van der Waals surface area contributed by atoms with Gasteiger partial charge in [0.25, 0.3) is 0 Å². The highest BCUT2D eigenvalue weighted by Gasteiger charge is 2.46. The molecule has 2 heterocycles. The molecule has 3 atom stereocenters. The summed E-state index contributed by atoms with van der Waals surface area (Å²) in [6, 6.07) is 6.21. The molecule has 2 N–H and O–H groups in total. The Kier molecular flexibility index (Phi) is 3.47. The third-order valence-corrected chi connectivity index (χ3v) is 9.84. The third kappa shape index (κ3) is 2.54. The van der Waals surface area contributed by atoms with Crippen molar-refractivity contribution in [1.82, 2.24) is 0 Å². The predicted octanol–water partition coefficient (Wildman–Crippen LogP) is 4.57. The van der Waals surface area contributed by atoms with Crippen molar-refractivity contribution in [2.75, 3.05) is 5.73 Å². The van der Waals surface area contributed by atoms with Crippen molar-refractivity contribution >= 4 is 14.0 Å². The van der Waals surface area contributed by atoms with Crippen molar-refractivity contribution in [3.63, 3.8) is 0 Å². The van der Waals surface area contributed by atoms with E-state index >= 15 is 0 Å². The normalized spacial score (nSPS) is 28.5. The first-order chi connectivity index (χ1) is 9.69. The first kappa shape index (κ1) is 15.1. The van der Waals surface area contributed by atoms with Crippen molar-refractivity contribution in [3.8, 4) is 0 Å². The van der Waals surface area contributed by atoms with E-state index in [1.165, 1.54) is 11.1 Å². The molecule has 2 aliphatic heterocycles. The van der Waals surface area contributed by atoms with Crippen molar-refractivity contribution < 1.29 is 9.16 Å². The number of ether oxygens (including phenoxy) is 1. The fourth-order valence-corrected chi connectivity index (χ4v) is 4.35. The van der Waals surface area contributed by atoms with Gasteiger partial charge in [0.1, 0.15) is 0 Å². The summed E-state index contributed by atoms with van der Waals surface area (Å²) in [5.74, 6) is 0. The van der Waals surface area contributed by atoms with Crippen molar-refractivity contribution in [1.29, 1.82) is 0 Å². The lowest BCUT2D eigenvalue weighted by Gasteiger charge is -2.42. The number of benzene rings is 1. The van der Waals surface area contributed by atoms with Crippen LogP contribution in [0, 0.1) is 0 Å². The van der Waals surface area contributed by atoms with Crippen LogP contribution in [0.4, 0.5) is 5.69 Å². The van der Waals surface area contributed by atoms with Gasteiger partial charge < -0.3 is 14.9 Å². The summed E-state index contributed by atoms with van der Waals surface area (Å²) in [7, 11) is -1.83. The second kappa shape index (κ2) is 4.83. The van der Waals surface area contributed by atoms with Crippen molar-refractivity contribution in [3.05, 3.63) is 29.3 Å². The van der Waals surface area contributed by atoms with Crippen LogP contribution < -0.4 is 5.73 Å². The third-order valence-electron chi connectivity index (χ3n) is 5.38. The van der Waals surface area contributed by atoms with Crippen LogP contribution in [-0.4, -0.2) is 14.4 Å². The van der Waals surface area contributed by atoms with Crippen LogP contribution in [0.5, 0.6) is 0 Å². The van der Waals surface area contributed by atoms with Gasteiger partial charge in [-0.05, 0) is 54.2 Å². The van der Waals surface area contributed by atoms with E-state index in [1.807, 2.05) is 6.07 Å². The van der Waals surface area contributed by atoms with Gasteiger partial charge in [0, 0.05) is 5.69 Å². The van der Waals surface area contributed by atoms with Crippen LogP contribution in [0.1, 0.15) is 56.9 Å². The number of fused-ring (bicyclic) bond motifs is 4. The Balaban J connectivity index is 1.97. The van der Waals surface area contributed by atoms with Gasteiger partial charge in [0.05, 0.1) is 18.3 Å². The Labute approximate surface area is 129 Å². The Hall–Kier alpha value is -0.843. The Morgan fingerprint density at radius 3 is 2.57 bits per heavy atom. The lowest BCUT2D eigenvalue weighted by Crippen LogP contribution is -2.44. The zero-order valence-electron chi connectivity index (χ0n) is 13.8. The predicted molar refractivity (Wildman–Crippen MR) is 88.7 cm³/mol. The molecule has 1 fully saturated rings. The molecule has 116 valence electrons. The summed E-state index contributed by atoms with van der Waals surface area (Å²) in [4.78, 5) is 0. The Morgan fingerprint density at radius 2 is 1.90 bits per heavy atom. The number of anilines is 1. The molecule has 0 aliphatic carbocycles. The second-order valence-electron chi connectivity index (χ2n) is 7.93. The molecule has 2 bridgehead atoms. The quantitative estimate of drug-likeness (QED) is 0.643. The average molecular weight is 305 g/mol. The molecule has 0 aromatic heterocycles. The van der Waals surface area contributed by atoms with E-state index in [-0.39, 0.29) is 23.4 Å². The van der Waals surface area contributed by atoms with Gasteiger partial charge in [0.15, 0.2) is 8.32 Å². The molecule has 0 unspecified atom stereocenters. The number of hydrogen-bond acceptors (Lipinski definition) is 3. The maximum Gasteiger partial charge on any atom is 0.193 e. The maximum atomic E-state index is 6.71. The van der Waals surface area contributed by atoms with Crippen LogP contribution in [0.25, 0.3) is 0 Å². The minimum absolute atomic E-state index is 0.0697. The fraction of sp³-hybridized carbons (Fsp3) is 0.647. The van der Waals surface area contributed by atoms with E-state index in [2.05, 4.69) is 46.0 Å². The molecule has 4 heteroatoms. The minimum Gasteiger partial charge on any atom is -0.407 e. The highest BCUT2D eigenvalue weighted by Crippen LogP contribution is 2.50. The summed E-state index contributed by atoms with van der Waals surface area (Å²) < 4.78 is 12.9. The van der Waals surface area contributed by atoms with Gasteiger partial charge in [-0.1, -0.05) is 26.8 Å². The maximum absolute atomic E-state index is 6.71. The summed E-state index contributed by atoms with van der Waals surface area (Å²) in [5, 5.41) is 0.205. The van der Waals surface area contributed by atoms with Crippen molar-refractivity contribution in [2.24, 2.45) is 0 Å². The first-order valence-electron chi connectivity index (χ1n) is 7.92. The zero-order chi connectivity index (χ0) is 15.4. The second-order valence-corrected chi connectivity index (χ2v) is 12.7. The molecule has 1 aromatic carbocycles. The summed E-state index contributed by atoms with van der Waals surface area (Å²) >= 11 is 0. The first-order valence-corrected chi connectivity index (χ1v) is 10.8. The average Bonchev–Trinajstić information content (AvgIpc) is 2.79. The zero-order valence-corrected chi connectivity index (χ0v) is 14.8. The monoisotopic (exact) mass is 305 g/mol. The van der Waals surface area contributed by atoms with E-state index in [9.17, 15) is 0 Å². The van der Waals surface area contributed by atoms with Crippen LogP contribution >= 0.6 is 0 Å². The standard InChI is InChI=1S/C17H27NO2Si/c1-17(2,3)21(4,5)20-16-12-7-6-11(18)10-13(12)14-8-9-15(16)19-14/h6-7,10,14-16H,8-9,18H2,1-5H3/t14-,15+,16+/m0/s1. The van der Waals surface area contributed by atoms with E-state index in [0.29, 0.717) is 0 Å². The van der Waals surface area contributed by atoms with Crippen LogP contribution in [0.2, 0.25) is 18.1 Å². The molecule has 0 spiro atoms. The van der Waals surface area contributed by atoms with Gasteiger partial charge in [-0.25, -0.2) is 0 Å². The molecule has 0 radical (unpaired) electrons.